The lowest BCUT2D eigenvalue weighted by Crippen LogP contribution is -2.23. The van der Waals surface area contributed by atoms with Gasteiger partial charge in [0.2, 0.25) is 5.91 Å². The summed E-state index contributed by atoms with van der Waals surface area (Å²) >= 11 is 0. The standard InChI is InChI=1S/C13H15NO6S/c1-20-11-6-9(2-3-10(11)13(16)17)14-12(15)8-4-5-21(18,19)7-8/h2-3,6,8H,4-5,7H2,1H3,(H,14,15)(H,16,17). The van der Waals surface area contributed by atoms with Crippen molar-refractivity contribution >= 4 is 27.4 Å². The molecule has 114 valence electrons. The summed E-state index contributed by atoms with van der Waals surface area (Å²) in [7, 11) is -1.80. The summed E-state index contributed by atoms with van der Waals surface area (Å²) in [5, 5.41) is 11.6. The molecule has 0 aromatic heterocycles. The van der Waals surface area contributed by atoms with E-state index in [1.165, 1.54) is 25.3 Å². The molecule has 2 rings (SSSR count). The van der Waals surface area contributed by atoms with E-state index >= 15 is 0 Å². The Morgan fingerprint density at radius 1 is 1.38 bits per heavy atom. The molecule has 1 saturated heterocycles. The number of nitrogens with one attached hydrogen (secondary N) is 1. The average Bonchev–Trinajstić information content (AvgIpc) is 2.78. The zero-order chi connectivity index (χ0) is 15.6. The highest BCUT2D eigenvalue weighted by molar-refractivity contribution is 7.91. The van der Waals surface area contributed by atoms with Crippen molar-refractivity contribution in [3.05, 3.63) is 23.8 Å². The summed E-state index contributed by atoms with van der Waals surface area (Å²) in [6.45, 7) is 0. The first-order chi connectivity index (χ1) is 9.82. The Bertz CT molecular complexity index is 682. The van der Waals surface area contributed by atoms with Crippen molar-refractivity contribution < 1.29 is 27.9 Å². The van der Waals surface area contributed by atoms with Gasteiger partial charge >= 0.3 is 5.97 Å². The van der Waals surface area contributed by atoms with E-state index in [0.29, 0.717) is 12.1 Å². The lowest BCUT2D eigenvalue weighted by Gasteiger charge is -2.11. The number of benzene rings is 1. The van der Waals surface area contributed by atoms with E-state index in [0.717, 1.165) is 0 Å². The number of anilines is 1. The zero-order valence-corrected chi connectivity index (χ0v) is 12.1. The SMILES string of the molecule is COc1cc(NC(=O)C2CCS(=O)(=O)C2)ccc1C(=O)O. The van der Waals surface area contributed by atoms with Crippen LogP contribution in [-0.2, 0) is 14.6 Å². The van der Waals surface area contributed by atoms with Crippen molar-refractivity contribution in [2.45, 2.75) is 6.42 Å². The van der Waals surface area contributed by atoms with E-state index in [4.69, 9.17) is 9.84 Å². The molecular formula is C13H15NO6S. The number of methoxy groups -OCH3 is 1. The normalized spacial score (nSPS) is 20.0. The number of rotatable bonds is 4. The van der Waals surface area contributed by atoms with E-state index in [1.54, 1.807) is 0 Å². The van der Waals surface area contributed by atoms with Crippen LogP contribution in [0.4, 0.5) is 5.69 Å². The van der Waals surface area contributed by atoms with Crippen LogP contribution in [0.15, 0.2) is 18.2 Å². The number of ether oxygens (including phenoxy) is 1. The Morgan fingerprint density at radius 2 is 2.10 bits per heavy atom. The van der Waals surface area contributed by atoms with Gasteiger partial charge in [-0.3, -0.25) is 4.79 Å². The van der Waals surface area contributed by atoms with E-state index in [9.17, 15) is 18.0 Å². The van der Waals surface area contributed by atoms with Crippen molar-refractivity contribution in [2.24, 2.45) is 5.92 Å². The van der Waals surface area contributed by atoms with Crippen LogP contribution < -0.4 is 10.1 Å². The van der Waals surface area contributed by atoms with E-state index < -0.39 is 21.7 Å². The molecule has 2 N–H and O–H groups in total. The Kier molecular flexibility index (Phi) is 4.17. The molecule has 21 heavy (non-hydrogen) atoms. The highest BCUT2D eigenvalue weighted by Gasteiger charge is 2.33. The minimum Gasteiger partial charge on any atom is -0.496 e. The third-order valence-electron chi connectivity index (χ3n) is 3.30. The average molecular weight is 313 g/mol. The molecule has 1 aromatic rings. The number of carbonyl (C=O) groups is 2. The van der Waals surface area contributed by atoms with Gasteiger partial charge in [0.1, 0.15) is 11.3 Å². The summed E-state index contributed by atoms with van der Waals surface area (Å²) in [6.07, 6.45) is 0.304. The topological polar surface area (TPSA) is 110 Å². The maximum Gasteiger partial charge on any atom is 0.339 e. The third-order valence-corrected chi connectivity index (χ3v) is 5.07. The number of amides is 1. The molecule has 0 saturated carbocycles. The monoisotopic (exact) mass is 313 g/mol. The second-order valence-electron chi connectivity index (χ2n) is 4.81. The second-order valence-corrected chi connectivity index (χ2v) is 7.04. The fraction of sp³-hybridized carbons (Fsp3) is 0.385. The van der Waals surface area contributed by atoms with Gasteiger partial charge in [0, 0.05) is 11.8 Å². The van der Waals surface area contributed by atoms with Crippen molar-refractivity contribution in [3.8, 4) is 5.75 Å². The molecule has 1 aromatic carbocycles. The molecule has 1 fully saturated rings. The van der Waals surface area contributed by atoms with Crippen LogP contribution in [0.3, 0.4) is 0 Å². The molecule has 7 nitrogen and oxygen atoms in total. The third kappa shape index (κ3) is 3.52. The van der Waals surface area contributed by atoms with E-state index in [1.807, 2.05) is 0 Å². The van der Waals surface area contributed by atoms with Crippen molar-refractivity contribution in [1.82, 2.24) is 0 Å². The molecule has 0 bridgehead atoms. The first-order valence-corrected chi connectivity index (χ1v) is 8.07. The lowest BCUT2D eigenvalue weighted by atomic mass is 10.1. The van der Waals surface area contributed by atoms with Gasteiger partial charge in [-0.15, -0.1) is 0 Å². The number of aromatic carboxylic acids is 1. The predicted molar refractivity (Wildman–Crippen MR) is 75.3 cm³/mol. The molecule has 1 aliphatic rings. The van der Waals surface area contributed by atoms with Crippen LogP contribution in [0, 0.1) is 5.92 Å². The molecule has 1 atom stereocenters. The van der Waals surface area contributed by atoms with Crippen LogP contribution in [0.25, 0.3) is 0 Å². The summed E-state index contributed by atoms with van der Waals surface area (Å²) in [6, 6.07) is 4.15. The van der Waals surface area contributed by atoms with Gasteiger partial charge in [0.25, 0.3) is 0 Å². The largest absolute Gasteiger partial charge is 0.496 e. The van der Waals surface area contributed by atoms with E-state index in [2.05, 4.69) is 5.32 Å². The van der Waals surface area contributed by atoms with Crippen molar-refractivity contribution in [1.29, 1.82) is 0 Å². The number of carboxylic acid groups (broad SMARTS) is 1. The Balaban J connectivity index is 2.13. The predicted octanol–water partition coefficient (Wildman–Crippen LogP) is 0.767. The maximum atomic E-state index is 12.0. The van der Waals surface area contributed by atoms with Gasteiger partial charge in [0.05, 0.1) is 24.5 Å². The van der Waals surface area contributed by atoms with Crippen LogP contribution in [-0.4, -0.2) is 44.0 Å². The smallest absolute Gasteiger partial charge is 0.339 e. The minimum atomic E-state index is -3.13. The van der Waals surface area contributed by atoms with Gasteiger partial charge in [-0.1, -0.05) is 0 Å². The maximum absolute atomic E-state index is 12.0. The quantitative estimate of drug-likeness (QED) is 0.849. The second kappa shape index (κ2) is 5.72. The fourth-order valence-electron chi connectivity index (χ4n) is 2.19. The highest BCUT2D eigenvalue weighted by atomic mass is 32.2. The van der Waals surface area contributed by atoms with Crippen LogP contribution in [0.1, 0.15) is 16.8 Å². The first-order valence-electron chi connectivity index (χ1n) is 6.25. The fourth-order valence-corrected chi connectivity index (χ4v) is 3.93. The Hall–Kier alpha value is -2.09. The summed E-state index contributed by atoms with van der Waals surface area (Å²) in [5.41, 5.74) is 0.352. The van der Waals surface area contributed by atoms with Gasteiger partial charge in [-0.2, -0.15) is 0 Å². The number of carbonyl (C=O) groups excluding carboxylic acids is 1. The van der Waals surface area contributed by atoms with Crippen molar-refractivity contribution in [3.63, 3.8) is 0 Å². The van der Waals surface area contributed by atoms with Gasteiger partial charge in [-0.25, -0.2) is 13.2 Å². The van der Waals surface area contributed by atoms with Gasteiger partial charge < -0.3 is 15.2 Å². The number of hydrogen-bond donors (Lipinski definition) is 2. The number of carboxylic acids is 1. The number of sulfone groups is 1. The summed E-state index contributed by atoms with van der Waals surface area (Å²) in [5.74, 6) is -2.09. The zero-order valence-electron chi connectivity index (χ0n) is 11.3. The molecule has 0 radical (unpaired) electrons. The van der Waals surface area contributed by atoms with Crippen molar-refractivity contribution in [2.75, 3.05) is 23.9 Å². The lowest BCUT2D eigenvalue weighted by molar-refractivity contribution is -0.119. The summed E-state index contributed by atoms with van der Waals surface area (Å²) in [4.78, 5) is 22.9. The van der Waals surface area contributed by atoms with Crippen LogP contribution in [0.2, 0.25) is 0 Å². The Labute approximate surface area is 121 Å². The molecule has 1 unspecified atom stereocenters. The summed E-state index contributed by atoms with van der Waals surface area (Å²) < 4.78 is 27.7. The highest BCUT2D eigenvalue weighted by Crippen LogP contribution is 2.25. The molecule has 0 spiro atoms. The minimum absolute atomic E-state index is 0.0149. The molecule has 8 heteroatoms. The van der Waals surface area contributed by atoms with Gasteiger partial charge in [0.15, 0.2) is 9.84 Å². The molecule has 0 aliphatic carbocycles. The molecule has 1 amide bonds. The van der Waals surface area contributed by atoms with Gasteiger partial charge in [-0.05, 0) is 18.6 Å². The molecule has 1 aliphatic heterocycles. The van der Waals surface area contributed by atoms with E-state index in [-0.39, 0.29) is 28.7 Å². The molecule has 1 heterocycles. The van der Waals surface area contributed by atoms with Crippen LogP contribution >= 0.6 is 0 Å². The van der Waals surface area contributed by atoms with Crippen LogP contribution in [0.5, 0.6) is 5.75 Å². The number of hydrogen-bond acceptors (Lipinski definition) is 5. The first kappa shape index (κ1) is 15.3. The molecular weight excluding hydrogens is 298 g/mol. The Morgan fingerprint density at radius 3 is 2.62 bits per heavy atom.